The summed E-state index contributed by atoms with van der Waals surface area (Å²) in [5.74, 6) is 0. The Labute approximate surface area is 107 Å². The van der Waals surface area contributed by atoms with Crippen LogP contribution in [0.1, 0.15) is 5.69 Å². The molecule has 3 aromatic rings. The van der Waals surface area contributed by atoms with E-state index in [4.69, 9.17) is 10.2 Å². The molecule has 7 heteroatoms. The van der Waals surface area contributed by atoms with E-state index in [0.717, 1.165) is 22.2 Å². The van der Waals surface area contributed by atoms with Crippen LogP contribution in [-0.4, -0.2) is 14.9 Å². The largest absolute Gasteiger partial charge is 0.432 e. The number of H-pyrrole nitrogens is 1. The van der Waals surface area contributed by atoms with Gasteiger partial charge in [-0.25, -0.2) is 0 Å². The summed E-state index contributed by atoms with van der Waals surface area (Å²) in [4.78, 5) is 17.6. The smallest absolute Gasteiger partial charge is 0.292 e. The van der Waals surface area contributed by atoms with Crippen molar-refractivity contribution in [2.45, 2.75) is 6.92 Å². The van der Waals surface area contributed by atoms with Crippen LogP contribution in [0, 0.1) is 17.0 Å². The van der Waals surface area contributed by atoms with Crippen molar-refractivity contribution < 1.29 is 9.34 Å². The number of benzene rings is 1. The van der Waals surface area contributed by atoms with Gasteiger partial charge in [0.15, 0.2) is 0 Å². The van der Waals surface area contributed by atoms with Crippen LogP contribution in [0.25, 0.3) is 22.2 Å². The molecule has 3 N–H and O–H groups in total. The van der Waals surface area contributed by atoms with E-state index in [-0.39, 0.29) is 11.7 Å². The fraction of sp³-hybridized carbons (Fsp3) is 0.0833. The molecule has 0 saturated heterocycles. The molecule has 7 nitrogen and oxygen atoms in total. The van der Waals surface area contributed by atoms with E-state index >= 15 is 0 Å². The van der Waals surface area contributed by atoms with Crippen molar-refractivity contribution in [2.75, 3.05) is 5.73 Å². The van der Waals surface area contributed by atoms with Gasteiger partial charge < -0.3 is 15.1 Å². The Hall–Kier alpha value is -2.83. The first kappa shape index (κ1) is 11.3. The monoisotopic (exact) mass is 258 g/mol. The van der Waals surface area contributed by atoms with Crippen molar-refractivity contribution in [1.82, 2.24) is 9.97 Å². The number of nitrogens with zero attached hydrogens (tertiary/aromatic N) is 2. The Morgan fingerprint density at radius 1 is 1.47 bits per heavy atom. The lowest BCUT2D eigenvalue weighted by molar-refractivity contribution is -0.384. The minimum absolute atomic E-state index is 0.0317. The van der Waals surface area contributed by atoms with Crippen LogP contribution in [0.3, 0.4) is 0 Å². The number of nitro benzene ring substituents is 1. The number of hydrogen-bond donors (Lipinski definition) is 2. The number of non-ortho nitro benzene ring substituents is 1. The van der Waals surface area contributed by atoms with Gasteiger partial charge in [0.25, 0.3) is 11.7 Å². The number of nitrogens with two attached hydrogens (primary N) is 1. The number of rotatable bonds is 2. The minimum Gasteiger partial charge on any atom is -0.432 e. The van der Waals surface area contributed by atoms with Crippen molar-refractivity contribution >= 4 is 22.6 Å². The van der Waals surface area contributed by atoms with Crippen LogP contribution in [0.15, 0.2) is 28.9 Å². The van der Waals surface area contributed by atoms with E-state index < -0.39 is 4.92 Å². The highest BCUT2D eigenvalue weighted by Gasteiger charge is 2.16. The molecule has 96 valence electrons. The molecule has 0 unspecified atom stereocenters. The lowest BCUT2D eigenvalue weighted by Gasteiger charge is -1.96. The summed E-state index contributed by atoms with van der Waals surface area (Å²) in [7, 11) is 0. The maximum Gasteiger partial charge on any atom is 0.292 e. The molecule has 0 saturated carbocycles. The highest BCUT2D eigenvalue weighted by atomic mass is 16.6. The number of aromatic nitrogens is 2. The summed E-state index contributed by atoms with van der Waals surface area (Å²) in [6.07, 6.45) is 1.43. The highest BCUT2D eigenvalue weighted by Crippen LogP contribution is 2.33. The van der Waals surface area contributed by atoms with Crippen LogP contribution in [0.4, 0.5) is 11.7 Å². The van der Waals surface area contributed by atoms with Crippen LogP contribution in [-0.2, 0) is 0 Å². The Morgan fingerprint density at radius 3 is 2.89 bits per heavy atom. The summed E-state index contributed by atoms with van der Waals surface area (Å²) in [5.41, 5.74) is 8.47. The fourth-order valence-electron chi connectivity index (χ4n) is 2.16. The zero-order valence-electron chi connectivity index (χ0n) is 10.0. The number of hydrogen-bond acceptors (Lipinski definition) is 5. The van der Waals surface area contributed by atoms with E-state index in [1.807, 2.05) is 6.92 Å². The first-order valence-electron chi connectivity index (χ1n) is 5.54. The quantitative estimate of drug-likeness (QED) is 0.542. The van der Waals surface area contributed by atoms with E-state index in [0.29, 0.717) is 5.69 Å². The topological polar surface area (TPSA) is 111 Å². The summed E-state index contributed by atoms with van der Waals surface area (Å²) in [6.45, 7) is 1.87. The molecular formula is C12H10N4O3. The third-order valence-corrected chi connectivity index (χ3v) is 2.96. The maximum atomic E-state index is 10.8. The number of anilines is 1. The molecule has 19 heavy (non-hydrogen) atoms. The van der Waals surface area contributed by atoms with Gasteiger partial charge in [-0.1, -0.05) is 0 Å². The van der Waals surface area contributed by atoms with E-state index in [2.05, 4.69) is 9.97 Å². The molecule has 0 radical (unpaired) electrons. The van der Waals surface area contributed by atoms with Gasteiger partial charge in [-0.15, -0.1) is 0 Å². The summed E-state index contributed by atoms with van der Waals surface area (Å²) in [6, 6.07) is 4.71. The third-order valence-electron chi connectivity index (χ3n) is 2.96. The summed E-state index contributed by atoms with van der Waals surface area (Å²) < 4.78 is 4.99. The standard InChI is InChI=1S/C12H10N4O3/c1-6-11(10-5-19-12(13)15-10)8-4-7(16(17)18)2-3-9(8)14-6/h2-5,14H,1H3,(H2,13,15). The first-order valence-corrected chi connectivity index (χ1v) is 5.54. The minimum atomic E-state index is -0.428. The van der Waals surface area contributed by atoms with Crippen molar-refractivity contribution in [2.24, 2.45) is 0 Å². The number of oxazole rings is 1. The maximum absolute atomic E-state index is 10.8. The van der Waals surface area contributed by atoms with Crippen molar-refractivity contribution in [1.29, 1.82) is 0 Å². The van der Waals surface area contributed by atoms with Gasteiger partial charge in [0.2, 0.25) is 0 Å². The molecule has 0 bridgehead atoms. The van der Waals surface area contributed by atoms with Gasteiger partial charge in [-0.05, 0) is 13.0 Å². The summed E-state index contributed by atoms with van der Waals surface area (Å²) in [5, 5.41) is 11.6. The van der Waals surface area contributed by atoms with Gasteiger partial charge in [-0.3, -0.25) is 10.1 Å². The Balaban J connectivity index is 2.31. The molecule has 0 aliphatic heterocycles. The zero-order chi connectivity index (χ0) is 13.6. The van der Waals surface area contributed by atoms with E-state index in [1.165, 1.54) is 18.4 Å². The average molecular weight is 258 g/mol. The van der Waals surface area contributed by atoms with E-state index in [1.54, 1.807) is 6.07 Å². The molecule has 2 aromatic heterocycles. The lowest BCUT2D eigenvalue weighted by Crippen LogP contribution is -1.87. The summed E-state index contributed by atoms with van der Waals surface area (Å²) >= 11 is 0. The Kier molecular flexibility index (Phi) is 2.28. The second kappa shape index (κ2) is 3.84. The van der Waals surface area contributed by atoms with Gasteiger partial charge in [0.1, 0.15) is 12.0 Å². The Bertz CT molecular complexity index is 787. The van der Waals surface area contributed by atoms with Gasteiger partial charge in [0.05, 0.1) is 4.92 Å². The number of nitrogen functional groups attached to an aromatic ring is 1. The van der Waals surface area contributed by atoms with Crippen molar-refractivity contribution in [3.8, 4) is 11.3 Å². The predicted molar refractivity (Wildman–Crippen MR) is 69.6 cm³/mol. The fourth-order valence-corrected chi connectivity index (χ4v) is 2.16. The van der Waals surface area contributed by atoms with Crippen LogP contribution in [0.5, 0.6) is 0 Å². The first-order chi connectivity index (χ1) is 9.06. The number of nitro groups is 1. The van der Waals surface area contributed by atoms with Crippen molar-refractivity contribution in [3.63, 3.8) is 0 Å². The molecule has 0 fully saturated rings. The third kappa shape index (κ3) is 1.71. The van der Waals surface area contributed by atoms with Gasteiger partial charge in [0, 0.05) is 34.3 Å². The number of aryl methyl sites for hydroxylation is 1. The molecule has 1 aromatic carbocycles. The average Bonchev–Trinajstić information content (AvgIpc) is 2.90. The van der Waals surface area contributed by atoms with Crippen LogP contribution in [0.2, 0.25) is 0 Å². The number of fused-ring (bicyclic) bond motifs is 1. The molecule has 3 rings (SSSR count). The second-order valence-electron chi connectivity index (χ2n) is 4.18. The Morgan fingerprint density at radius 2 is 2.26 bits per heavy atom. The van der Waals surface area contributed by atoms with Crippen molar-refractivity contribution in [3.05, 3.63) is 40.3 Å². The number of aromatic amines is 1. The molecule has 2 heterocycles. The second-order valence-corrected chi connectivity index (χ2v) is 4.18. The SMILES string of the molecule is Cc1[nH]c2ccc([N+](=O)[O-])cc2c1-c1coc(N)n1. The van der Waals surface area contributed by atoms with Gasteiger partial charge >= 0.3 is 0 Å². The molecular weight excluding hydrogens is 248 g/mol. The highest BCUT2D eigenvalue weighted by molar-refractivity contribution is 5.97. The predicted octanol–water partition coefficient (Wildman–Crippen LogP) is 2.62. The molecule has 0 spiro atoms. The van der Waals surface area contributed by atoms with Crippen LogP contribution >= 0.6 is 0 Å². The van der Waals surface area contributed by atoms with Gasteiger partial charge in [-0.2, -0.15) is 4.98 Å². The zero-order valence-corrected chi connectivity index (χ0v) is 10.0. The molecule has 0 amide bonds. The number of nitrogens with one attached hydrogen (secondary N) is 1. The van der Waals surface area contributed by atoms with Crippen LogP contribution < -0.4 is 5.73 Å². The lowest BCUT2D eigenvalue weighted by atomic mass is 10.1. The normalized spacial score (nSPS) is 11.0. The van der Waals surface area contributed by atoms with E-state index in [9.17, 15) is 10.1 Å². The molecule has 0 aliphatic rings. The molecule has 0 atom stereocenters. The molecule has 0 aliphatic carbocycles.